The third-order valence-electron chi connectivity index (χ3n) is 7.05. The second kappa shape index (κ2) is 8.64. The summed E-state index contributed by atoms with van der Waals surface area (Å²) in [5, 5.41) is 31.9. The van der Waals surface area contributed by atoms with Gasteiger partial charge < -0.3 is 24.8 Å². The average molecular weight is 427 g/mol. The number of rotatable bonds is 7. The number of aryl methyl sites for hydroxylation is 2. The number of aliphatic hydroxyl groups excluding tert-OH is 3. The molecule has 2 heterocycles. The Bertz CT molecular complexity index is 911. The first kappa shape index (κ1) is 22.4. The van der Waals surface area contributed by atoms with Crippen LogP contribution in [0.3, 0.4) is 0 Å². The lowest BCUT2D eigenvalue weighted by molar-refractivity contribution is -0.325. The summed E-state index contributed by atoms with van der Waals surface area (Å²) in [6.45, 7) is 6.28. The van der Waals surface area contributed by atoms with E-state index in [1.165, 1.54) is 24.0 Å². The summed E-state index contributed by atoms with van der Waals surface area (Å²) in [5.74, 6) is -1.47. The highest BCUT2D eigenvalue weighted by Gasteiger charge is 2.66. The maximum atomic E-state index is 10.8. The highest BCUT2D eigenvalue weighted by atomic mass is 16.8. The van der Waals surface area contributed by atoms with Gasteiger partial charge in [-0.05, 0) is 60.9 Å². The molecule has 0 saturated carbocycles. The van der Waals surface area contributed by atoms with Crippen molar-refractivity contribution in [3.8, 4) is 0 Å². The molecule has 0 aromatic heterocycles. The van der Waals surface area contributed by atoms with Gasteiger partial charge >= 0.3 is 0 Å². The smallest absolute Gasteiger partial charge is 0.225 e. The molecule has 0 spiro atoms. The molecule has 31 heavy (non-hydrogen) atoms. The lowest BCUT2D eigenvalue weighted by Gasteiger charge is -2.46. The minimum absolute atomic E-state index is 0.126. The van der Waals surface area contributed by atoms with E-state index in [1.54, 1.807) is 0 Å². The number of benzene rings is 2. The van der Waals surface area contributed by atoms with Gasteiger partial charge in [-0.1, -0.05) is 56.7 Å². The van der Waals surface area contributed by atoms with Crippen molar-refractivity contribution in [1.29, 1.82) is 0 Å². The lowest BCUT2D eigenvalue weighted by atomic mass is 9.82. The van der Waals surface area contributed by atoms with Crippen molar-refractivity contribution in [2.24, 2.45) is 0 Å². The molecule has 0 unspecified atom stereocenters. The Labute approximate surface area is 184 Å². The molecule has 0 aliphatic carbocycles. The molecule has 168 valence electrons. The van der Waals surface area contributed by atoms with E-state index in [1.807, 2.05) is 25.1 Å². The fraction of sp³-hybridized carbons (Fsp3) is 0.538. The van der Waals surface area contributed by atoms with Gasteiger partial charge in [-0.3, -0.25) is 0 Å². The molecule has 2 fully saturated rings. The van der Waals surface area contributed by atoms with Gasteiger partial charge in [-0.15, -0.1) is 0 Å². The molecule has 4 rings (SSSR count). The van der Waals surface area contributed by atoms with Gasteiger partial charge in [0.2, 0.25) is 5.79 Å². The highest BCUT2D eigenvalue weighted by Crippen LogP contribution is 2.51. The molecule has 5 atom stereocenters. The van der Waals surface area contributed by atoms with E-state index in [2.05, 4.69) is 38.1 Å². The summed E-state index contributed by atoms with van der Waals surface area (Å²) < 4.78 is 12.2. The Kier molecular flexibility index (Phi) is 6.25. The van der Waals surface area contributed by atoms with Crippen LogP contribution in [0.1, 0.15) is 60.9 Å². The van der Waals surface area contributed by atoms with E-state index >= 15 is 0 Å². The van der Waals surface area contributed by atoms with Crippen LogP contribution in [0.25, 0.3) is 0 Å². The van der Waals surface area contributed by atoms with Gasteiger partial charge in [0.15, 0.2) is 0 Å². The van der Waals surface area contributed by atoms with E-state index in [-0.39, 0.29) is 6.61 Å². The van der Waals surface area contributed by atoms with E-state index in [9.17, 15) is 15.3 Å². The summed E-state index contributed by atoms with van der Waals surface area (Å²) in [4.78, 5) is 0. The third kappa shape index (κ3) is 3.83. The number of unbranched alkanes of at least 4 members (excludes halogenated alkanes) is 1. The Morgan fingerprint density at radius 1 is 0.968 bits per heavy atom. The molecule has 5 nitrogen and oxygen atoms in total. The third-order valence-corrected chi connectivity index (χ3v) is 7.05. The van der Waals surface area contributed by atoms with E-state index < -0.39 is 29.7 Å². The van der Waals surface area contributed by atoms with Crippen molar-refractivity contribution < 1.29 is 24.8 Å². The van der Waals surface area contributed by atoms with Crippen LogP contribution in [0.5, 0.6) is 0 Å². The molecule has 2 bridgehead atoms. The van der Waals surface area contributed by atoms with Crippen LogP contribution < -0.4 is 0 Å². The first-order valence-electron chi connectivity index (χ1n) is 11.4. The summed E-state index contributed by atoms with van der Waals surface area (Å²) in [7, 11) is 0. The fourth-order valence-corrected chi connectivity index (χ4v) is 4.79. The van der Waals surface area contributed by atoms with Crippen molar-refractivity contribution in [3.05, 3.63) is 70.3 Å². The number of ether oxygens (including phenoxy) is 2. The minimum Gasteiger partial charge on any atom is -0.387 e. The van der Waals surface area contributed by atoms with Crippen LogP contribution in [0, 0.1) is 6.92 Å². The predicted molar refractivity (Wildman–Crippen MR) is 119 cm³/mol. The lowest BCUT2D eigenvalue weighted by Crippen LogP contribution is -2.64. The van der Waals surface area contributed by atoms with Crippen molar-refractivity contribution >= 4 is 0 Å². The largest absolute Gasteiger partial charge is 0.387 e. The topological polar surface area (TPSA) is 79.2 Å². The monoisotopic (exact) mass is 426 g/mol. The fourth-order valence-electron chi connectivity index (χ4n) is 4.79. The predicted octanol–water partition coefficient (Wildman–Crippen LogP) is 3.37. The molecule has 5 heteroatoms. The highest BCUT2D eigenvalue weighted by molar-refractivity contribution is 5.39. The van der Waals surface area contributed by atoms with E-state index in [0.717, 1.165) is 24.0 Å². The number of aliphatic hydroxyl groups is 3. The van der Waals surface area contributed by atoms with Crippen LogP contribution in [0.2, 0.25) is 0 Å². The quantitative estimate of drug-likeness (QED) is 0.633. The van der Waals surface area contributed by atoms with Crippen molar-refractivity contribution in [3.63, 3.8) is 0 Å². The Morgan fingerprint density at radius 2 is 1.68 bits per heavy atom. The van der Waals surface area contributed by atoms with Crippen molar-refractivity contribution in [1.82, 2.24) is 0 Å². The molecule has 0 amide bonds. The first-order valence-corrected chi connectivity index (χ1v) is 11.4. The van der Waals surface area contributed by atoms with E-state index in [0.29, 0.717) is 12.0 Å². The first-order chi connectivity index (χ1) is 14.8. The van der Waals surface area contributed by atoms with Gasteiger partial charge in [-0.2, -0.15) is 0 Å². The zero-order valence-corrected chi connectivity index (χ0v) is 18.7. The number of fused-ring (bicyclic) bond motifs is 2. The summed E-state index contributed by atoms with van der Waals surface area (Å²) in [6.07, 6.45) is 0.816. The molecule has 2 aliphatic rings. The molecule has 2 aromatic rings. The Morgan fingerprint density at radius 3 is 2.35 bits per heavy atom. The van der Waals surface area contributed by atoms with Gasteiger partial charge in [-0.25, -0.2) is 0 Å². The summed E-state index contributed by atoms with van der Waals surface area (Å²) in [5.41, 5.74) is 4.48. The molecule has 0 radical (unpaired) electrons. The number of hydrogen-bond donors (Lipinski definition) is 3. The standard InChI is InChI=1S/C26H34O5/c1-4-6-7-18-9-11-19(12-10-18)14-20-15-21(13-8-17(20)3)26-24(29)22(27)23(28)25(5-2,31-26)16-30-26/h8-13,15,22-24,27-29H,4-7,14,16H2,1-3H3/t22-,23-,24+,25-,26-/m0/s1. The number of hydrogen-bond acceptors (Lipinski definition) is 5. The zero-order chi connectivity index (χ0) is 22.2. The van der Waals surface area contributed by atoms with Crippen LogP contribution >= 0.6 is 0 Å². The maximum absolute atomic E-state index is 10.8. The molecule has 2 aliphatic heterocycles. The normalized spacial score (nSPS) is 32.4. The van der Waals surface area contributed by atoms with Crippen LogP contribution in [0.15, 0.2) is 42.5 Å². The maximum Gasteiger partial charge on any atom is 0.225 e. The zero-order valence-electron chi connectivity index (χ0n) is 18.7. The average Bonchev–Trinajstić information content (AvgIpc) is 3.17. The molecule has 2 aromatic carbocycles. The molecule has 2 saturated heterocycles. The van der Waals surface area contributed by atoms with Crippen LogP contribution in [0.4, 0.5) is 0 Å². The van der Waals surface area contributed by atoms with Crippen LogP contribution in [-0.2, 0) is 28.1 Å². The van der Waals surface area contributed by atoms with Crippen LogP contribution in [-0.4, -0.2) is 45.8 Å². The SMILES string of the molecule is CCCCc1ccc(Cc2cc([C@]34OC[C@](CC)(O3)[C@@H](O)[C@H](O)[C@H]4O)ccc2C)cc1. The second-order valence-corrected chi connectivity index (χ2v) is 9.09. The van der Waals surface area contributed by atoms with Crippen molar-refractivity contribution in [2.75, 3.05) is 6.61 Å². The van der Waals surface area contributed by atoms with Gasteiger partial charge in [0, 0.05) is 5.56 Å². The van der Waals surface area contributed by atoms with Crippen molar-refractivity contribution in [2.45, 2.75) is 82.6 Å². The van der Waals surface area contributed by atoms with E-state index in [4.69, 9.17) is 9.47 Å². The molecular formula is C26H34O5. The van der Waals surface area contributed by atoms with Gasteiger partial charge in [0.25, 0.3) is 0 Å². The summed E-state index contributed by atoms with van der Waals surface area (Å²) >= 11 is 0. The Hall–Kier alpha value is -1.76. The molecular weight excluding hydrogens is 392 g/mol. The second-order valence-electron chi connectivity index (χ2n) is 9.09. The van der Waals surface area contributed by atoms with Gasteiger partial charge in [0.05, 0.1) is 6.61 Å². The summed E-state index contributed by atoms with van der Waals surface area (Å²) in [6, 6.07) is 14.6. The minimum atomic E-state index is -1.47. The Balaban J connectivity index is 1.62. The van der Waals surface area contributed by atoms with Gasteiger partial charge in [0.1, 0.15) is 23.9 Å². The molecule has 3 N–H and O–H groups in total.